The Balaban J connectivity index is 1.78. The van der Waals surface area contributed by atoms with Crippen LogP contribution in [0.5, 0.6) is 0 Å². The molecule has 1 aromatic rings. The van der Waals surface area contributed by atoms with Gasteiger partial charge in [0.15, 0.2) is 0 Å². The van der Waals surface area contributed by atoms with Gasteiger partial charge >= 0.3 is 0 Å². The van der Waals surface area contributed by atoms with Crippen LogP contribution in [-0.2, 0) is 6.42 Å². The summed E-state index contributed by atoms with van der Waals surface area (Å²) in [5.74, 6) is 0. The Morgan fingerprint density at radius 1 is 1.29 bits per heavy atom. The second-order valence-electron chi connectivity index (χ2n) is 6.03. The lowest BCUT2D eigenvalue weighted by atomic mass is 10.0. The molecule has 2 rings (SSSR count). The number of piperidine rings is 1. The van der Waals surface area contributed by atoms with Crippen LogP contribution in [0, 0.1) is 11.3 Å². The van der Waals surface area contributed by atoms with Gasteiger partial charge in [0.05, 0.1) is 12.5 Å². The molecule has 0 radical (unpaired) electrons. The lowest BCUT2D eigenvalue weighted by Gasteiger charge is -2.32. The molecule has 1 heterocycles. The van der Waals surface area contributed by atoms with Crippen molar-refractivity contribution in [3.8, 4) is 6.07 Å². The molecule has 0 saturated carbocycles. The summed E-state index contributed by atoms with van der Waals surface area (Å²) in [5.41, 5.74) is 3.65. The van der Waals surface area contributed by atoms with Gasteiger partial charge < -0.3 is 5.32 Å². The molecular weight excluding hydrogens is 258 g/mol. The quantitative estimate of drug-likeness (QED) is 0.839. The fourth-order valence-electron chi connectivity index (χ4n) is 2.62. The summed E-state index contributed by atoms with van der Waals surface area (Å²) in [6, 6.07) is 11.0. The first-order chi connectivity index (χ1) is 10.2. The highest BCUT2D eigenvalue weighted by Crippen LogP contribution is 2.17. The summed E-state index contributed by atoms with van der Waals surface area (Å²) < 4.78 is 0. The molecule has 0 unspecified atom stereocenters. The van der Waals surface area contributed by atoms with Crippen molar-refractivity contribution < 1.29 is 0 Å². The van der Waals surface area contributed by atoms with Crippen molar-refractivity contribution in [1.29, 1.82) is 5.26 Å². The minimum Gasteiger partial charge on any atom is -0.382 e. The SMILES string of the molecule is CC(C)=CCN1CCC(Nc2ccc(CC#N)cc2)CC1. The summed E-state index contributed by atoms with van der Waals surface area (Å²) >= 11 is 0. The number of nitrogens with zero attached hydrogens (tertiary/aromatic N) is 2. The van der Waals surface area contributed by atoms with E-state index in [0.717, 1.165) is 25.2 Å². The van der Waals surface area contributed by atoms with E-state index in [1.54, 1.807) is 0 Å². The fraction of sp³-hybridized carbons (Fsp3) is 0.500. The summed E-state index contributed by atoms with van der Waals surface area (Å²) in [6.45, 7) is 7.72. The standard InChI is InChI=1S/C18H25N3/c1-15(2)8-12-21-13-9-18(10-14-21)20-17-5-3-16(4-6-17)7-11-19/h3-6,8,18,20H,7,9-10,12-14H2,1-2H3. The van der Waals surface area contributed by atoms with E-state index < -0.39 is 0 Å². The van der Waals surface area contributed by atoms with E-state index in [1.165, 1.54) is 24.1 Å². The fourth-order valence-corrected chi connectivity index (χ4v) is 2.62. The number of hydrogen-bond donors (Lipinski definition) is 1. The molecule has 3 nitrogen and oxygen atoms in total. The van der Waals surface area contributed by atoms with Crippen LogP contribution in [0.15, 0.2) is 35.9 Å². The number of allylic oxidation sites excluding steroid dienone is 1. The van der Waals surface area contributed by atoms with Crippen molar-refractivity contribution in [2.24, 2.45) is 0 Å². The number of anilines is 1. The highest BCUT2D eigenvalue weighted by Gasteiger charge is 2.18. The first-order valence-electron chi connectivity index (χ1n) is 7.75. The number of nitrogens with one attached hydrogen (secondary N) is 1. The number of hydrogen-bond acceptors (Lipinski definition) is 3. The van der Waals surface area contributed by atoms with Gasteiger partial charge in [0.2, 0.25) is 0 Å². The van der Waals surface area contributed by atoms with E-state index in [1.807, 2.05) is 12.1 Å². The van der Waals surface area contributed by atoms with Gasteiger partial charge in [-0.3, -0.25) is 4.90 Å². The van der Waals surface area contributed by atoms with Crippen LogP contribution < -0.4 is 5.32 Å². The molecule has 0 aliphatic carbocycles. The Labute approximate surface area is 128 Å². The molecule has 1 saturated heterocycles. The molecular formula is C18H25N3. The van der Waals surface area contributed by atoms with Crippen molar-refractivity contribution in [2.75, 3.05) is 25.0 Å². The van der Waals surface area contributed by atoms with Crippen LogP contribution >= 0.6 is 0 Å². The zero-order chi connectivity index (χ0) is 15.1. The van der Waals surface area contributed by atoms with Crippen molar-refractivity contribution in [2.45, 2.75) is 39.2 Å². The molecule has 3 heteroatoms. The van der Waals surface area contributed by atoms with Gasteiger partial charge in [-0.25, -0.2) is 0 Å². The van der Waals surface area contributed by atoms with Crippen molar-refractivity contribution >= 4 is 5.69 Å². The molecule has 1 aliphatic heterocycles. The maximum Gasteiger partial charge on any atom is 0.0669 e. The second-order valence-corrected chi connectivity index (χ2v) is 6.03. The van der Waals surface area contributed by atoms with E-state index in [2.05, 4.69) is 48.3 Å². The Morgan fingerprint density at radius 3 is 2.52 bits per heavy atom. The Morgan fingerprint density at radius 2 is 1.95 bits per heavy atom. The van der Waals surface area contributed by atoms with Gasteiger partial charge in [-0.1, -0.05) is 23.8 Å². The molecule has 1 aliphatic rings. The lowest BCUT2D eigenvalue weighted by Crippen LogP contribution is -2.39. The number of benzene rings is 1. The molecule has 1 fully saturated rings. The molecule has 0 aromatic heterocycles. The number of likely N-dealkylation sites (tertiary alicyclic amines) is 1. The molecule has 1 N–H and O–H groups in total. The predicted molar refractivity (Wildman–Crippen MR) is 88.3 cm³/mol. The summed E-state index contributed by atoms with van der Waals surface area (Å²) in [4.78, 5) is 2.52. The molecule has 21 heavy (non-hydrogen) atoms. The predicted octanol–water partition coefficient (Wildman–Crippen LogP) is 3.60. The summed E-state index contributed by atoms with van der Waals surface area (Å²) in [7, 11) is 0. The Hall–Kier alpha value is -1.79. The Bertz CT molecular complexity index is 498. The molecule has 1 aromatic carbocycles. The van der Waals surface area contributed by atoms with Gasteiger partial charge in [0.25, 0.3) is 0 Å². The summed E-state index contributed by atoms with van der Waals surface area (Å²) in [5, 5.41) is 12.3. The van der Waals surface area contributed by atoms with Crippen LogP contribution in [-0.4, -0.2) is 30.6 Å². The average Bonchev–Trinajstić information content (AvgIpc) is 2.49. The van der Waals surface area contributed by atoms with Crippen LogP contribution in [0.4, 0.5) is 5.69 Å². The van der Waals surface area contributed by atoms with Crippen LogP contribution in [0.3, 0.4) is 0 Å². The van der Waals surface area contributed by atoms with Crippen molar-refractivity contribution in [3.63, 3.8) is 0 Å². The molecule has 0 amide bonds. The average molecular weight is 283 g/mol. The zero-order valence-corrected chi connectivity index (χ0v) is 13.1. The Kier molecular flexibility index (Phi) is 5.83. The molecule has 112 valence electrons. The van der Waals surface area contributed by atoms with Gasteiger partial charge in [0.1, 0.15) is 0 Å². The minimum atomic E-state index is 0.489. The first kappa shape index (κ1) is 15.6. The van der Waals surface area contributed by atoms with Crippen molar-refractivity contribution in [3.05, 3.63) is 41.5 Å². The van der Waals surface area contributed by atoms with Gasteiger partial charge in [-0.05, 0) is 44.4 Å². The van der Waals surface area contributed by atoms with E-state index in [9.17, 15) is 0 Å². The third-order valence-corrected chi connectivity index (χ3v) is 3.95. The number of rotatable bonds is 5. The van der Waals surface area contributed by atoms with Gasteiger partial charge in [-0.15, -0.1) is 0 Å². The molecule has 0 bridgehead atoms. The van der Waals surface area contributed by atoms with Crippen LogP contribution in [0.1, 0.15) is 32.3 Å². The third-order valence-electron chi connectivity index (χ3n) is 3.95. The number of nitriles is 1. The van der Waals surface area contributed by atoms with Gasteiger partial charge in [0, 0.05) is 31.4 Å². The maximum absolute atomic E-state index is 8.68. The highest BCUT2D eigenvalue weighted by molar-refractivity contribution is 5.45. The third kappa shape index (κ3) is 5.24. The second kappa shape index (κ2) is 7.85. The molecule has 0 atom stereocenters. The topological polar surface area (TPSA) is 39.1 Å². The van der Waals surface area contributed by atoms with E-state index in [-0.39, 0.29) is 0 Å². The van der Waals surface area contributed by atoms with Crippen LogP contribution in [0.2, 0.25) is 0 Å². The lowest BCUT2D eigenvalue weighted by molar-refractivity contribution is 0.240. The van der Waals surface area contributed by atoms with Crippen molar-refractivity contribution in [1.82, 2.24) is 4.90 Å². The normalized spacial score (nSPS) is 16.2. The first-order valence-corrected chi connectivity index (χ1v) is 7.75. The monoisotopic (exact) mass is 283 g/mol. The zero-order valence-electron chi connectivity index (χ0n) is 13.1. The molecule has 0 spiro atoms. The highest BCUT2D eigenvalue weighted by atomic mass is 15.1. The van der Waals surface area contributed by atoms with E-state index in [4.69, 9.17) is 5.26 Å². The van der Waals surface area contributed by atoms with E-state index in [0.29, 0.717) is 12.5 Å². The maximum atomic E-state index is 8.68. The smallest absolute Gasteiger partial charge is 0.0669 e. The van der Waals surface area contributed by atoms with E-state index >= 15 is 0 Å². The van der Waals surface area contributed by atoms with Gasteiger partial charge in [-0.2, -0.15) is 5.26 Å². The summed E-state index contributed by atoms with van der Waals surface area (Å²) in [6.07, 6.45) is 5.18. The largest absolute Gasteiger partial charge is 0.382 e. The van der Waals surface area contributed by atoms with Crippen LogP contribution in [0.25, 0.3) is 0 Å². The minimum absolute atomic E-state index is 0.489.